The Kier molecular flexibility index (Phi) is 4.71. The first-order valence-corrected chi connectivity index (χ1v) is 6.31. The second kappa shape index (κ2) is 6.69. The molecule has 1 aromatic heterocycles. The van der Waals surface area contributed by atoms with Gasteiger partial charge in [-0.05, 0) is 17.7 Å². The van der Waals surface area contributed by atoms with Gasteiger partial charge >= 0.3 is 0 Å². The maximum Gasteiger partial charge on any atom is 0.203 e. The minimum Gasteiger partial charge on any atom is -0.493 e. The zero-order chi connectivity index (χ0) is 15.2. The number of rotatable bonds is 6. The van der Waals surface area contributed by atoms with E-state index in [0.717, 1.165) is 5.56 Å². The summed E-state index contributed by atoms with van der Waals surface area (Å²) in [6, 6.07) is 7.09. The monoisotopic (exact) mass is 290 g/mol. The van der Waals surface area contributed by atoms with E-state index < -0.39 is 0 Å². The van der Waals surface area contributed by atoms with Crippen molar-refractivity contribution in [3.05, 3.63) is 36.0 Å². The molecule has 1 aromatic carbocycles. The number of methoxy groups -OCH3 is 3. The molecule has 0 aliphatic carbocycles. The predicted molar refractivity (Wildman–Crippen MR) is 79.1 cm³/mol. The van der Waals surface area contributed by atoms with Crippen molar-refractivity contribution in [3.8, 4) is 23.0 Å². The Morgan fingerprint density at radius 3 is 2.19 bits per heavy atom. The van der Waals surface area contributed by atoms with Crippen molar-refractivity contribution >= 4 is 5.82 Å². The molecule has 0 aliphatic heterocycles. The molecule has 2 aromatic rings. The highest BCUT2D eigenvalue weighted by Gasteiger charge is 2.13. The van der Waals surface area contributed by atoms with E-state index in [1.807, 2.05) is 6.07 Å². The van der Waals surface area contributed by atoms with Gasteiger partial charge < -0.3 is 24.7 Å². The first-order chi connectivity index (χ1) is 10.2. The van der Waals surface area contributed by atoms with Crippen LogP contribution in [-0.2, 0) is 6.61 Å². The second-order valence-corrected chi connectivity index (χ2v) is 4.24. The van der Waals surface area contributed by atoms with Gasteiger partial charge in [-0.3, -0.25) is 0 Å². The van der Waals surface area contributed by atoms with Crippen LogP contribution >= 0.6 is 0 Å². The van der Waals surface area contributed by atoms with Gasteiger partial charge in [0, 0.05) is 18.3 Å². The van der Waals surface area contributed by atoms with Crippen LogP contribution in [-0.4, -0.2) is 26.3 Å². The number of hydrogen-bond acceptors (Lipinski definition) is 6. The van der Waals surface area contributed by atoms with Gasteiger partial charge in [0.15, 0.2) is 11.5 Å². The van der Waals surface area contributed by atoms with E-state index in [1.165, 1.54) is 0 Å². The van der Waals surface area contributed by atoms with Crippen LogP contribution in [0.1, 0.15) is 5.56 Å². The third-order valence-corrected chi connectivity index (χ3v) is 2.89. The maximum atomic E-state index is 5.73. The van der Waals surface area contributed by atoms with E-state index in [-0.39, 0.29) is 0 Å². The molecule has 0 radical (unpaired) electrons. The quantitative estimate of drug-likeness (QED) is 0.879. The molecule has 21 heavy (non-hydrogen) atoms. The highest BCUT2D eigenvalue weighted by molar-refractivity contribution is 5.55. The molecule has 0 spiro atoms. The average molecular weight is 290 g/mol. The van der Waals surface area contributed by atoms with Crippen LogP contribution in [0.15, 0.2) is 30.5 Å². The Hall–Kier alpha value is -2.63. The third-order valence-electron chi connectivity index (χ3n) is 2.89. The Balaban J connectivity index is 2.20. The highest BCUT2D eigenvalue weighted by Crippen LogP contribution is 2.40. The fourth-order valence-electron chi connectivity index (χ4n) is 1.89. The molecule has 6 heteroatoms. The topological polar surface area (TPSA) is 75.8 Å². The summed E-state index contributed by atoms with van der Waals surface area (Å²) < 4.78 is 21.5. The molecule has 2 rings (SSSR count). The molecule has 0 saturated heterocycles. The number of benzene rings is 1. The van der Waals surface area contributed by atoms with Crippen molar-refractivity contribution < 1.29 is 18.9 Å². The lowest BCUT2D eigenvalue weighted by Gasteiger charge is -2.14. The lowest BCUT2D eigenvalue weighted by atomic mass is 10.2. The summed E-state index contributed by atoms with van der Waals surface area (Å²) in [4.78, 5) is 3.94. The normalized spacial score (nSPS) is 10.0. The lowest BCUT2D eigenvalue weighted by molar-refractivity contribution is 0.291. The molecule has 0 aliphatic rings. The first kappa shape index (κ1) is 14.8. The standard InChI is InChI=1S/C15H18N2O4/c1-18-12-7-11(8-13(19-2)15(12)20-3)21-9-10-4-5-17-14(16)6-10/h4-8H,9H2,1-3H3,(H2,16,17). The van der Waals surface area contributed by atoms with Crippen molar-refractivity contribution in [3.63, 3.8) is 0 Å². The molecule has 0 bridgehead atoms. The SMILES string of the molecule is COc1cc(OCc2ccnc(N)c2)cc(OC)c1OC. The van der Waals surface area contributed by atoms with Gasteiger partial charge in [0.25, 0.3) is 0 Å². The molecular formula is C15H18N2O4. The third kappa shape index (κ3) is 3.47. The highest BCUT2D eigenvalue weighted by atomic mass is 16.5. The van der Waals surface area contributed by atoms with Crippen LogP contribution in [0.5, 0.6) is 23.0 Å². The van der Waals surface area contributed by atoms with E-state index in [1.54, 1.807) is 45.7 Å². The number of ether oxygens (including phenoxy) is 4. The van der Waals surface area contributed by atoms with Crippen LogP contribution in [0.2, 0.25) is 0 Å². The van der Waals surface area contributed by atoms with Gasteiger partial charge in [-0.25, -0.2) is 4.98 Å². The number of hydrogen-bond donors (Lipinski definition) is 1. The number of anilines is 1. The molecule has 0 amide bonds. The molecule has 2 N–H and O–H groups in total. The van der Waals surface area contributed by atoms with Crippen molar-refractivity contribution in [1.82, 2.24) is 4.98 Å². The van der Waals surface area contributed by atoms with E-state index in [2.05, 4.69) is 4.98 Å². The van der Waals surface area contributed by atoms with E-state index >= 15 is 0 Å². The van der Waals surface area contributed by atoms with E-state index in [4.69, 9.17) is 24.7 Å². The molecule has 0 fully saturated rings. The van der Waals surface area contributed by atoms with Crippen LogP contribution in [0.25, 0.3) is 0 Å². The summed E-state index contributed by atoms with van der Waals surface area (Å²) in [7, 11) is 4.68. The van der Waals surface area contributed by atoms with E-state index in [0.29, 0.717) is 35.4 Å². The fraction of sp³-hybridized carbons (Fsp3) is 0.267. The minimum atomic E-state index is 0.366. The van der Waals surface area contributed by atoms with Crippen LogP contribution in [0, 0.1) is 0 Å². The number of nitrogens with zero attached hydrogens (tertiary/aromatic N) is 1. The van der Waals surface area contributed by atoms with Gasteiger partial charge in [0.05, 0.1) is 21.3 Å². The first-order valence-electron chi connectivity index (χ1n) is 6.31. The summed E-state index contributed by atoms with van der Waals surface area (Å²) in [5.74, 6) is 2.68. The van der Waals surface area contributed by atoms with Gasteiger partial charge in [0.2, 0.25) is 5.75 Å². The fourth-order valence-corrected chi connectivity index (χ4v) is 1.89. The Morgan fingerprint density at radius 1 is 1.00 bits per heavy atom. The average Bonchev–Trinajstić information content (AvgIpc) is 2.51. The summed E-state index contributed by atoms with van der Waals surface area (Å²) >= 11 is 0. The zero-order valence-corrected chi connectivity index (χ0v) is 12.3. The van der Waals surface area contributed by atoms with Crippen molar-refractivity contribution in [2.75, 3.05) is 27.1 Å². The lowest BCUT2D eigenvalue weighted by Crippen LogP contribution is -2.00. The maximum absolute atomic E-state index is 5.73. The molecular weight excluding hydrogens is 272 g/mol. The van der Waals surface area contributed by atoms with Gasteiger partial charge in [-0.2, -0.15) is 0 Å². The summed E-state index contributed by atoms with van der Waals surface area (Å²) in [6.45, 7) is 0.366. The summed E-state index contributed by atoms with van der Waals surface area (Å²) in [5.41, 5.74) is 6.56. The number of pyridine rings is 1. The van der Waals surface area contributed by atoms with Crippen molar-refractivity contribution in [2.24, 2.45) is 0 Å². The van der Waals surface area contributed by atoms with E-state index in [9.17, 15) is 0 Å². The molecule has 1 heterocycles. The Labute approximate surface area is 123 Å². The second-order valence-electron chi connectivity index (χ2n) is 4.24. The molecule has 0 saturated carbocycles. The van der Waals surface area contributed by atoms with Crippen LogP contribution in [0.3, 0.4) is 0 Å². The smallest absolute Gasteiger partial charge is 0.203 e. The predicted octanol–water partition coefficient (Wildman–Crippen LogP) is 2.27. The van der Waals surface area contributed by atoms with Crippen LogP contribution < -0.4 is 24.7 Å². The number of aromatic nitrogens is 1. The largest absolute Gasteiger partial charge is 0.493 e. The number of nitrogens with two attached hydrogens (primary N) is 1. The molecule has 6 nitrogen and oxygen atoms in total. The zero-order valence-electron chi connectivity index (χ0n) is 12.3. The summed E-state index contributed by atoms with van der Waals surface area (Å²) in [6.07, 6.45) is 1.64. The number of nitrogen functional groups attached to an aromatic ring is 1. The summed E-state index contributed by atoms with van der Waals surface area (Å²) in [5, 5.41) is 0. The molecule has 112 valence electrons. The van der Waals surface area contributed by atoms with Gasteiger partial charge in [-0.1, -0.05) is 0 Å². The molecule has 0 atom stereocenters. The van der Waals surface area contributed by atoms with Crippen LogP contribution in [0.4, 0.5) is 5.82 Å². The van der Waals surface area contributed by atoms with Gasteiger partial charge in [-0.15, -0.1) is 0 Å². The van der Waals surface area contributed by atoms with Crippen molar-refractivity contribution in [2.45, 2.75) is 6.61 Å². The van der Waals surface area contributed by atoms with Crippen molar-refractivity contribution in [1.29, 1.82) is 0 Å². The molecule has 0 unspecified atom stereocenters. The minimum absolute atomic E-state index is 0.366. The Morgan fingerprint density at radius 2 is 1.67 bits per heavy atom. The van der Waals surface area contributed by atoms with Gasteiger partial charge in [0.1, 0.15) is 18.2 Å². The Bertz CT molecular complexity index is 591.